The molecule has 2 aromatic rings. The largest absolute Gasteiger partial charge is 0.586 e. The number of carbonyl (C=O) groups is 1. The van der Waals surface area contributed by atoms with Crippen LogP contribution >= 0.6 is 0 Å². The van der Waals surface area contributed by atoms with Crippen LogP contribution in [0.3, 0.4) is 0 Å². The van der Waals surface area contributed by atoms with E-state index in [0.717, 1.165) is 12.8 Å². The molecule has 218 valence electrons. The summed E-state index contributed by atoms with van der Waals surface area (Å²) < 4.78 is 115. The first-order chi connectivity index (χ1) is 18.6. The Labute approximate surface area is 224 Å². The maximum absolute atomic E-state index is 13.4. The van der Waals surface area contributed by atoms with Crippen molar-refractivity contribution in [3.8, 4) is 11.5 Å². The summed E-state index contributed by atoms with van der Waals surface area (Å²) in [6.45, 7) is 0.927. The zero-order valence-corrected chi connectivity index (χ0v) is 21.1. The molecular formula is C27H26F8N2O3. The van der Waals surface area contributed by atoms with Crippen LogP contribution in [-0.2, 0) is 30.2 Å². The highest BCUT2D eigenvalue weighted by Gasteiger charge is 2.46. The van der Waals surface area contributed by atoms with Gasteiger partial charge in [-0.2, -0.15) is 26.3 Å². The summed E-state index contributed by atoms with van der Waals surface area (Å²) in [7, 11) is 0. The molecule has 0 aromatic heterocycles. The number of nitrogens with zero attached hydrogens (tertiary/aromatic N) is 1. The molecular weight excluding hydrogens is 552 g/mol. The summed E-state index contributed by atoms with van der Waals surface area (Å²) in [6.07, 6.45) is -10.3. The molecule has 0 unspecified atom stereocenters. The molecule has 1 saturated heterocycles. The topological polar surface area (TPSA) is 50.8 Å². The lowest BCUT2D eigenvalue weighted by molar-refractivity contribution is -0.286. The van der Waals surface area contributed by atoms with Crippen molar-refractivity contribution in [1.82, 2.24) is 10.2 Å². The Bertz CT molecular complexity index is 1230. The quantitative estimate of drug-likeness (QED) is 0.370. The smallest absolute Gasteiger partial charge is 0.395 e. The Balaban J connectivity index is 1.25. The van der Waals surface area contributed by atoms with Gasteiger partial charge >= 0.3 is 18.6 Å². The van der Waals surface area contributed by atoms with Crippen LogP contribution < -0.4 is 14.8 Å². The van der Waals surface area contributed by atoms with Gasteiger partial charge in [-0.25, -0.2) is 0 Å². The molecule has 3 aliphatic rings. The molecule has 5 nitrogen and oxygen atoms in total. The molecule has 40 heavy (non-hydrogen) atoms. The van der Waals surface area contributed by atoms with Crippen molar-refractivity contribution >= 4 is 5.91 Å². The molecule has 0 bridgehead atoms. The molecule has 2 aromatic carbocycles. The Morgan fingerprint density at radius 3 is 2.05 bits per heavy atom. The maximum Gasteiger partial charge on any atom is 0.586 e. The van der Waals surface area contributed by atoms with Gasteiger partial charge in [0.25, 0.3) is 0 Å². The third kappa shape index (κ3) is 6.45. The van der Waals surface area contributed by atoms with Crippen LogP contribution in [0.25, 0.3) is 0 Å². The number of amides is 1. The average Bonchev–Trinajstić information content (AvgIpc) is 3.61. The van der Waals surface area contributed by atoms with Gasteiger partial charge in [0.1, 0.15) is 0 Å². The zero-order valence-electron chi connectivity index (χ0n) is 21.1. The molecule has 2 heterocycles. The van der Waals surface area contributed by atoms with Crippen LogP contribution in [0.15, 0.2) is 36.4 Å². The molecule has 1 N–H and O–H groups in total. The van der Waals surface area contributed by atoms with E-state index in [4.69, 9.17) is 0 Å². The molecule has 2 aliphatic heterocycles. The van der Waals surface area contributed by atoms with Crippen molar-refractivity contribution in [1.29, 1.82) is 0 Å². The fraction of sp³-hybridized carbons (Fsp3) is 0.519. The van der Waals surface area contributed by atoms with Crippen molar-refractivity contribution in [2.75, 3.05) is 13.1 Å². The molecule has 0 radical (unpaired) electrons. The van der Waals surface area contributed by atoms with Crippen LogP contribution in [0.1, 0.15) is 54.4 Å². The average molecular weight is 579 g/mol. The molecule has 2 fully saturated rings. The summed E-state index contributed by atoms with van der Waals surface area (Å²) in [6, 6.07) is 5.81. The lowest BCUT2D eigenvalue weighted by atomic mass is 9.73. The first kappa shape index (κ1) is 28.4. The van der Waals surface area contributed by atoms with E-state index in [9.17, 15) is 39.9 Å². The maximum atomic E-state index is 13.4. The standard InChI is InChI=1S/C27H26F8N2O3/c28-25(29,30)19-9-18(10-20(12-19)26(31,32)33)14-36-23(38)24(13-16-1-2-16)5-7-37(8-6-24)15-17-3-4-21-22(11-17)40-27(34,35)39-21/h3-4,9-12,16H,1-2,5-8,13-15H2,(H,36,38). The van der Waals surface area contributed by atoms with Crippen LogP contribution in [-0.4, -0.2) is 30.2 Å². The highest BCUT2D eigenvalue weighted by Crippen LogP contribution is 2.47. The number of likely N-dealkylation sites (tertiary alicyclic amines) is 1. The van der Waals surface area contributed by atoms with Gasteiger partial charge < -0.3 is 14.8 Å². The van der Waals surface area contributed by atoms with Gasteiger partial charge in [-0.05, 0) is 79.7 Å². The lowest BCUT2D eigenvalue weighted by Gasteiger charge is -2.41. The summed E-state index contributed by atoms with van der Waals surface area (Å²) >= 11 is 0. The number of piperidine rings is 1. The second-order valence-corrected chi connectivity index (χ2v) is 10.7. The summed E-state index contributed by atoms with van der Waals surface area (Å²) in [5.74, 6) is -0.172. The van der Waals surface area contributed by atoms with Crippen LogP contribution in [0, 0.1) is 11.3 Å². The molecule has 1 amide bonds. The number of nitrogens with one attached hydrogen (secondary N) is 1. The van der Waals surface area contributed by atoms with Crippen molar-refractivity contribution in [2.24, 2.45) is 11.3 Å². The van der Waals surface area contributed by atoms with E-state index in [1.165, 1.54) is 12.1 Å². The minimum Gasteiger partial charge on any atom is -0.395 e. The Morgan fingerprint density at radius 1 is 0.875 bits per heavy atom. The van der Waals surface area contributed by atoms with Gasteiger partial charge in [0.15, 0.2) is 11.5 Å². The van der Waals surface area contributed by atoms with Gasteiger partial charge in [0.2, 0.25) is 5.91 Å². The summed E-state index contributed by atoms with van der Waals surface area (Å²) in [4.78, 5) is 15.5. The number of alkyl halides is 8. The highest BCUT2D eigenvalue weighted by atomic mass is 19.4. The molecule has 0 spiro atoms. The summed E-state index contributed by atoms with van der Waals surface area (Å²) in [5.41, 5.74) is -3.24. The highest BCUT2D eigenvalue weighted by molar-refractivity contribution is 5.82. The van der Waals surface area contributed by atoms with E-state index >= 15 is 0 Å². The fourth-order valence-electron chi connectivity index (χ4n) is 5.38. The SMILES string of the molecule is O=C(NCc1cc(C(F)(F)F)cc(C(F)(F)F)c1)C1(CC2CC2)CCN(Cc2ccc3c(c2)OC(F)(F)O3)CC1. The predicted molar refractivity (Wildman–Crippen MR) is 125 cm³/mol. The Kier molecular flexibility index (Phi) is 7.16. The first-order valence-electron chi connectivity index (χ1n) is 12.8. The van der Waals surface area contributed by atoms with Crippen molar-refractivity contribution < 1.29 is 49.4 Å². The van der Waals surface area contributed by atoms with E-state index in [2.05, 4.69) is 19.7 Å². The van der Waals surface area contributed by atoms with Gasteiger partial charge in [0, 0.05) is 13.1 Å². The van der Waals surface area contributed by atoms with Gasteiger partial charge in [-0.3, -0.25) is 9.69 Å². The zero-order chi connectivity index (χ0) is 28.9. The number of benzene rings is 2. The third-order valence-corrected chi connectivity index (χ3v) is 7.64. The van der Waals surface area contributed by atoms with Gasteiger partial charge in [-0.1, -0.05) is 18.9 Å². The number of carbonyl (C=O) groups excluding carboxylic acids is 1. The number of ether oxygens (including phenoxy) is 2. The minimum atomic E-state index is -4.97. The van der Waals surface area contributed by atoms with E-state index in [1.807, 2.05) is 0 Å². The number of fused-ring (bicyclic) bond motifs is 1. The molecule has 13 heteroatoms. The summed E-state index contributed by atoms with van der Waals surface area (Å²) in [5, 5.41) is 2.61. The minimum absolute atomic E-state index is 0.0569. The van der Waals surface area contributed by atoms with E-state index in [1.54, 1.807) is 6.07 Å². The van der Waals surface area contributed by atoms with Crippen molar-refractivity contribution in [3.63, 3.8) is 0 Å². The number of hydrogen-bond acceptors (Lipinski definition) is 4. The fourth-order valence-corrected chi connectivity index (χ4v) is 5.38. The lowest BCUT2D eigenvalue weighted by Crippen LogP contribution is -2.48. The van der Waals surface area contributed by atoms with E-state index in [0.29, 0.717) is 62.5 Å². The van der Waals surface area contributed by atoms with Crippen molar-refractivity contribution in [3.05, 3.63) is 58.7 Å². The van der Waals surface area contributed by atoms with E-state index < -0.39 is 47.6 Å². The molecule has 1 saturated carbocycles. The third-order valence-electron chi connectivity index (χ3n) is 7.64. The van der Waals surface area contributed by atoms with Gasteiger partial charge in [-0.15, -0.1) is 8.78 Å². The Morgan fingerprint density at radius 2 is 1.48 bits per heavy atom. The first-order valence-corrected chi connectivity index (χ1v) is 12.8. The number of hydrogen-bond donors (Lipinski definition) is 1. The molecule has 5 rings (SSSR count). The Hall–Kier alpha value is -3.09. The van der Waals surface area contributed by atoms with E-state index in [-0.39, 0.29) is 23.1 Å². The van der Waals surface area contributed by atoms with Crippen LogP contribution in [0.2, 0.25) is 0 Å². The normalized spacial score (nSPS) is 20.4. The van der Waals surface area contributed by atoms with Crippen LogP contribution in [0.5, 0.6) is 11.5 Å². The second kappa shape index (κ2) is 10.1. The molecule has 0 atom stereocenters. The number of halogens is 8. The molecule has 1 aliphatic carbocycles. The second-order valence-electron chi connectivity index (χ2n) is 10.7. The number of rotatable bonds is 7. The predicted octanol–water partition coefficient (Wildman–Crippen LogP) is 6.74. The van der Waals surface area contributed by atoms with Crippen LogP contribution in [0.4, 0.5) is 35.1 Å². The van der Waals surface area contributed by atoms with Crippen molar-refractivity contribution in [2.45, 2.75) is 63.8 Å². The van der Waals surface area contributed by atoms with Gasteiger partial charge in [0.05, 0.1) is 16.5 Å². The monoisotopic (exact) mass is 578 g/mol.